The number of rotatable bonds is 4. The van der Waals surface area contributed by atoms with E-state index in [1.54, 1.807) is 7.11 Å². The lowest BCUT2D eigenvalue weighted by molar-refractivity contribution is -0.141. The topological polar surface area (TPSA) is 67.8 Å². The van der Waals surface area contributed by atoms with Crippen molar-refractivity contribution in [2.24, 2.45) is 0 Å². The molecule has 1 amide bonds. The highest BCUT2D eigenvalue weighted by Gasteiger charge is 2.30. The van der Waals surface area contributed by atoms with Gasteiger partial charge in [-0.2, -0.15) is 0 Å². The summed E-state index contributed by atoms with van der Waals surface area (Å²) < 4.78 is 10.7. The quantitative estimate of drug-likeness (QED) is 0.822. The van der Waals surface area contributed by atoms with Gasteiger partial charge < -0.3 is 19.3 Å². The number of hydrogen-bond acceptors (Lipinski definition) is 6. The minimum absolute atomic E-state index is 0.132. The van der Waals surface area contributed by atoms with Crippen LogP contribution in [-0.4, -0.2) is 67.0 Å². The van der Waals surface area contributed by atoms with Gasteiger partial charge in [0.1, 0.15) is 11.9 Å². The summed E-state index contributed by atoms with van der Waals surface area (Å²) in [6, 6.07) is 11.7. The number of amides is 1. The van der Waals surface area contributed by atoms with Gasteiger partial charge in [0.15, 0.2) is 5.82 Å². The zero-order valence-electron chi connectivity index (χ0n) is 15.5. The molecule has 27 heavy (non-hydrogen) atoms. The minimum atomic E-state index is -0.236. The molecular formula is C20H24N4O3. The maximum atomic E-state index is 12.4. The molecule has 7 heteroatoms. The molecule has 0 aliphatic carbocycles. The predicted molar refractivity (Wildman–Crippen MR) is 102 cm³/mol. The Morgan fingerprint density at radius 3 is 2.44 bits per heavy atom. The second kappa shape index (κ2) is 7.92. The van der Waals surface area contributed by atoms with Gasteiger partial charge in [-0.1, -0.05) is 0 Å². The van der Waals surface area contributed by atoms with Crippen LogP contribution in [0, 0.1) is 0 Å². The summed E-state index contributed by atoms with van der Waals surface area (Å²) in [5.74, 6) is 1.79. The average molecular weight is 368 g/mol. The van der Waals surface area contributed by atoms with Crippen LogP contribution in [0.1, 0.15) is 12.8 Å². The number of ether oxygens (including phenoxy) is 2. The Balaban J connectivity index is 1.36. The van der Waals surface area contributed by atoms with E-state index >= 15 is 0 Å². The van der Waals surface area contributed by atoms with Crippen molar-refractivity contribution in [3.8, 4) is 17.0 Å². The fraction of sp³-hybridized carbons (Fsp3) is 0.450. The fourth-order valence-electron chi connectivity index (χ4n) is 3.54. The lowest BCUT2D eigenvalue weighted by Gasteiger charge is -2.36. The van der Waals surface area contributed by atoms with Gasteiger partial charge in [-0.3, -0.25) is 4.79 Å². The van der Waals surface area contributed by atoms with E-state index in [0.29, 0.717) is 19.7 Å². The van der Waals surface area contributed by atoms with Crippen molar-refractivity contribution < 1.29 is 14.3 Å². The first-order chi connectivity index (χ1) is 13.2. The SMILES string of the molecule is COc1ccc(-c2ccc(N3CCN(C(=O)C4CCCO4)CC3)nn2)cc1. The van der Waals surface area contributed by atoms with Gasteiger partial charge >= 0.3 is 0 Å². The molecule has 0 saturated carbocycles. The highest BCUT2D eigenvalue weighted by Crippen LogP contribution is 2.22. The Hall–Kier alpha value is -2.67. The largest absolute Gasteiger partial charge is 0.497 e. The highest BCUT2D eigenvalue weighted by atomic mass is 16.5. The van der Waals surface area contributed by atoms with Crippen molar-refractivity contribution in [2.75, 3.05) is 44.8 Å². The first kappa shape index (κ1) is 17.7. The van der Waals surface area contributed by atoms with E-state index in [1.165, 1.54) is 0 Å². The van der Waals surface area contributed by atoms with Crippen molar-refractivity contribution in [3.05, 3.63) is 36.4 Å². The number of methoxy groups -OCH3 is 1. The normalized spacial score (nSPS) is 20.0. The molecule has 2 aliphatic rings. The molecule has 1 unspecified atom stereocenters. The monoisotopic (exact) mass is 368 g/mol. The smallest absolute Gasteiger partial charge is 0.251 e. The minimum Gasteiger partial charge on any atom is -0.497 e. The van der Waals surface area contributed by atoms with E-state index in [9.17, 15) is 4.79 Å². The van der Waals surface area contributed by atoms with Gasteiger partial charge in [0.25, 0.3) is 5.91 Å². The Morgan fingerprint density at radius 2 is 1.85 bits per heavy atom. The molecule has 1 aromatic carbocycles. The summed E-state index contributed by atoms with van der Waals surface area (Å²) in [7, 11) is 1.65. The van der Waals surface area contributed by atoms with Crippen LogP contribution in [-0.2, 0) is 9.53 Å². The number of carbonyl (C=O) groups is 1. The average Bonchev–Trinajstić information content (AvgIpc) is 3.28. The molecule has 2 saturated heterocycles. The molecule has 1 atom stereocenters. The third kappa shape index (κ3) is 3.88. The Bertz CT molecular complexity index is 765. The number of hydrogen-bond donors (Lipinski definition) is 0. The molecule has 0 radical (unpaired) electrons. The summed E-state index contributed by atoms with van der Waals surface area (Å²) in [4.78, 5) is 16.5. The second-order valence-electron chi connectivity index (χ2n) is 6.82. The van der Waals surface area contributed by atoms with E-state index in [2.05, 4.69) is 15.1 Å². The molecule has 142 valence electrons. The predicted octanol–water partition coefficient (Wildman–Crippen LogP) is 1.98. The Kier molecular flexibility index (Phi) is 5.20. The number of aromatic nitrogens is 2. The molecule has 0 spiro atoms. The molecule has 0 bridgehead atoms. The van der Waals surface area contributed by atoms with Crippen LogP contribution in [0.5, 0.6) is 5.75 Å². The number of nitrogens with zero attached hydrogens (tertiary/aromatic N) is 4. The summed E-state index contributed by atoms with van der Waals surface area (Å²) in [5, 5.41) is 8.75. The fourth-order valence-corrected chi connectivity index (χ4v) is 3.54. The number of anilines is 1. The van der Waals surface area contributed by atoms with Gasteiger partial charge in [0.2, 0.25) is 0 Å². The highest BCUT2D eigenvalue weighted by molar-refractivity contribution is 5.81. The standard InChI is InChI=1S/C20H24N4O3/c1-26-16-6-4-15(5-7-16)17-8-9-19(22-21-17)23-10-12-24(13-11-23)20(25)18-3-2-14-27-18/h4-9,18H,2-3,10-14H2,1H3. The lowest BCUT2D eigenvalue weighted by Crippen LogP contribution is -2.51. The van der Waals surface area contributed by atoms with Crippen LogP contribution in [0.2, 0.25) is 0 Å². The lowest BCUT2D eigenvalue weighted by atomic mass is 10.1. The van der Waals surface area contributed by atoms with Crippen molar-refractivity contribution in [1.82, 2.24) is 15.1 Å². The third-order valence-electron chi connectivity index (χ3n) is 5.16. The maximum absolute atomic E-state index is 12.4. The van der Waals surface area contributed by atoms with Crippen molar-refractivity contribution in [1.29, 1.82) is 0 Å². The van der Waals surface area contributed by atoms with Crippen LogP contribution in [0.25, 0.3) is 11.3 Å². The van der Waals surface area contributed by atoms with Gasteiger partial charge in [-0.15, -0.1) is 10.2 Å². The van der Waals surface area contributed by atoms with Crippen LogP contribution in [0.3, 0.4) is 0 Å². The number of benzene rings is 1. The van der Waals surface area contributed by atoms with Crippen LogP contribution >= 0.6 is 0 Å². The summed E-state index contributed by atoms with van der Waals surface area (Å²) >= 11 is 0. The Morgan fingerprint density at radius 1 is 1.07 bits per heavy atom. The molecule has 2 aliphatic heterocycles. The van der Waals surface area contributed by atoms with Crippen molar-refractivity contribution in [2.45, 2.75) is 18.9 Å². The number of carbonyl (C=O) groups excluding carboxylic acids is 1. The van der Waals surface area contributed by atoms with E-state index in [1.807, 2.05) is 41.3 Å². The van der Waals surface area contributed by atoms with Gasteiger partial charge in [0.05, 0.1) is 12.8 Å². The molecule has 1 aromatic heterocycles. The molecule has 2 aromatic rings. The first-order valence-corrected chi connectivity index (χ1v) is 9.38. The zero-order valence-corrected chi connectivity index (χ0v) is 15.5. The van der Waals surface area contributed by atoms with Gasteiger partial charge in [-0.05, 0) is 49.2 Å². The van der Waals surface area contributed by atoms with E-state index in [0.717, 1.165) is 48.8 Å². The van der Waals surface area contributed by atoms with Gasteiger partial charge in [0, 0.05) is 38.3 Å². The summed E-state index contributed by atoms with van der Waals surface area (Å²) in [5.41, 5.74) is 1.83. The van der Waals surface area contributed by atoms with Crippen LogP contribution in [0.15, 0.2) is 36.4 Å². The molecule has 7 nitrogen and oxygen atoms in total. The molecule has 2 fully saturated rings. The van der Waals surface area contributed by atoms with E-state index in [4.69, 9.17) is 9.47 Å². The zero-order chi connectivity index (χ0) is 18.6. The Labute approximate surface area is 158 Å². The van der Waals surface area contributed by atoms with E-state index < -0.39 is 0 Å². The van der Waals surface area contributed by atoms with Crippen molar-refractivity contribution >= 4 is 11.7 Å². The molecule has 4 rings (SSSR count). The summed E-state index contributed by atoms with van der Waals surface area (Å²) in [6.07, 6.45) is 1.59. The molecule has 3 heterocycles. The number of piperazine rings is 1. The van der Waals surface area contributed by atoms with E-state index in [-0.39, 0.29) is 12.0 Å². The molecular weight excluding hydrogens is 344 g/mol. The first-order valence-electron chi connectivity index (χ1n) is 9.38. The third-order valence-corrected chi connectivity index (χ3v) is 5.16. The maximum Gasteiger partial charge on any atom is 0.251 e. The van der Waals surface area contributed by atoms with Crippen molar-refractivity contribution in [3.63, 3.8) is 0 Å². The van der Waals surface area contributed by atoms with Gasteiger partial charge in [-0.25, -0.2) is 0 Å². The van der Waals surface area contributed by atoms with Crippen LogP contribution < -0.4 is 9.64 Å². The molecule has 0 N–H and O–H groups in total. The second-order valence-corrected chi connectivity index (χ2v) is 6.82. The summed E-state index contributed by atoms with van der Waals surface area (Å²) in [6.45, 7) is 3.61. The van der Waals surface area contributed by atoms with Crippen LogP contribution in [0.4, 0.5) is 5.82 Å².